The number of carbonyl (C=O) groups excluding carboxylic acids is 1. The van der Waals surface area contributed by atoms with E-state index in [0.717, 1.165) is 38.2 Å². The quantitative estimate of drug-likeness (QED) is 0.167. The molecule has 1 N–H and O–H groups in total. The first kappa shape index (κ1) is 27.9. The second-order valence-electron chi connectivity index (χ2n) is 9.36. The van der Waals surface area contributed by atoms with Crippen molar-refractivity contribution < 1.29 is 9.53 Å². The summed E-state index contributed by atoms with van der Waals surface area (Å²) >= 11 is 25.5. The molecular weight excluding hydrogens is 548 g/mol. The van der Waals surface area contributed by atoms with Crippen molar-refractivity contribution in [2.75, 3.05) is 5.32 Å². The van der Waals surface area contributed by atoms with Crippen molar-refractivity contribution in [1.29, 1.82) is 0 Å². The van der Waals surface area contributed by atoms with Crippen LogP contribution in [0.2, 0.25) is 0 Å². The molecule has 4 aromatic rings. The van der Waals surface area contributed by atoms with E-state index in [-0.39, 0.29) is 21.5 Å². The standard InChI is InChI=1S/C30H29Cl4NO2/c1-17-20(15-26(33)18(2)31)11-12-29(24(17)16-27(34)19(3)32)37-30(36)35-28-10-6-9-23-13-21-7-4-5-8-22(21)14-25(23)28/h4-14,18-19,26-27H,15-16H2,1-3H3,(H,35,36). The second-order valence-corrected chi connectivity index (χ2v) is 11.9. The van der Waals surface area contributed by atoms with Gasteiger partial charge in [0.25, 0.3) is 0 Å². The number of nitrogens with one attached hydrogen (secondary N) is 1. The molecule has 0 aliphatic carbocycles. The van der Waals surface area contributed by atoms with E-state index in [4.69, 9.17) is 51.1 Å². The minimum absolute atomic E-state index is 0.187. The third-order valence-corrected chi connectivity index (χ3v) is 8.60. The zero-order valence-electron chi connectivity index (χ0n) is 20.9. The van der Waals surface area contributed by atoms with Crippen LogP contribution in [0, 0.1) is 6.92 Å². The normalized spacial score (nSPS) is 14.8. The van der Waals surface area contributed by atoms with Gasteiger partial charge in [0.2, 0.25) is 0 Å². The lowest BCUT2D eigenvalue weighted by Crippen LogP contribution is -2.21. The molecule has 1 amide bonds. The van der Waals surface area contributed by atoms with Crippen molar-refractivity contribution in [3.05, 3.63) is 83.4 Å². The first-order valence-corrected chi connectivity index (χ1v) is 14.0. The largest absolute Gasteiger partial charge is 0.417 e. The third-order valence-electron chi connectivity index (χ3n) is 6.66. The fraction of sp³-hybridized carbons (Fsp3) is 0.300. The van der Waals surface area contributed by atoms with Gasteiger partial charge in [0.1, 0.15) is 5.75 Å². The number of fused-ring (bicyclic) bond motifs is 2. The Morgan fingerprint density at radius 1 is 0.811 bits per heavy atom. The first-order valence-electron chi connectivity index (χ1n) is 12.2. The minimum Gasteiger partial charge on any atom is -0.410 e. The molecule has 0 saturated carbocycles. The lowest BCUT2D eigenvalue weighted by Gasteiger charge is -2.21. The predicted molar refractivity (Wildman–Crippen MR) is 160 cm³/mol. The summed E-state index contributed by atoms with van der Waals surface area (Å²) in [5.41, 5.74) is 3.50. The van der Waals surface area contributed by atoms with Gasteiger partial charge >= 0.3 is 6.09 Å². The highest BCUT2D eigenvalue weighted by molar-refractivity contribution is 6.30. The molecule has 4 atom stereocenters. The van der Waals surface area contributed by atoms with E-state index in [2.05, 4.69) is 29.6 Å². The van der Waals surface area contributed by atoms with Crippen molar-refractivity contribution in [3.63, 3.8) is 0 Å². The van der Waals surface area contributed by atoms with E-state index in [9.17, 15) is 4.79 Å². The Morgan fingerprint density at radius 3 is 2.11 bits per heavy atom. The summed E-state index contributed by atoms with van der Waals surface area (Å²) in [6.45, 7) is 5.70. The number of rotatable bonds is 8. The van der Waals surface area contributed by atoms with E-state index >= 15 is 0 Å². The molecule has 37 heavy (non-hydrogen) atoms. The number of alkyl halides is 4. The van der Waals surface area contributed by atoms with E-state index in [1.807, 2.05) is 57.2 Å². The molecular formula is C30H29Cl4NO2. The number of anilines is 1. The van der Waals surface area contributed by atoms with Crippen LogP contribution in [-0.2, 0) is 12.8 Å². The van der Waals surface area contributed by atoms with Crippen LogP contribution in [-0.4, -0.2) is 27.6 Å². The van der Waals surface area contributed by atoms with E-state index in [1.165, 1.54) is 0 Å². The molecule has 0 saturated heterocycles. The van der Waals surface area contributed by atoms with Gasteiger partial charge in [-0.25, -0.2) is 4.79 Å². The molecule has 0 fully saturated rings. The van der Waals surface area contributed by atoms with Crippen molar-refractivity contribution >= 4 is 79.7 Å². The van der Waals surface area contributed by atoms with Crippen molar-refractivity contribution in [2.24, 2.45) is 0 Å². The van der Waals surface area contributed by atoms with Crippen LogP contribution in [0.25, 0.3) is 21.5 Å². The lowest BCUT2D eigenvalue weighted by molar-refractivity contribution is 0.214. The Morgan fingerprint density at radius 2 is 1.43 bits per heavy atom. The van der Waals surface area contributed by atoms with Gasteiger partial charge in [0.05, 0.1) is 16.4 Å². The van der Waals surface area contributed by atoms with Gasteiger partial charge in [-0.2, -0.15) is 0 Å². The van der Waals surface area contributed by atoms with Gasteiger partial charge < -0.3 is 4.74 Å². The van der Waals surface area contributed by atoms with Crippen molar-refractivity contribution in [2.45, 2.75) is 55.1 Å². The number of halogens is 4. The van der Waals surface area contributed by atoms with Gasteiger partial charge in [-0.3, -0.25) is 5.32 Å². The van der Waals surface area contributed by atoms with Crippen molar-refractivity contribution in [1.82, 2.24) is 0 Å². The van der Waals surface area contributed by atoms with Gasteiger partial charge in [-0.05, 0) is 90.7 Å². The summed E-state index contributed by atoms with van der Waals surface area (Å²) in [5, 5.41) is 6.10. The Kier molecular flexibility index (Phi) is 9.13. The highest BCUT2D eigenvalue weighted by Gasteiger charge is 2.22. The van der Waals surface area contributed by atoms with Gasteiger partial charge in [0, 0.05) is 16.1 Å². The monoisotopic (exact) mass is 575 g/mol. The fourth-order valence-electron chi connectivity index (χ4n) is 4.39. The second kappa shape index (κ2) is 12.1. The summed E-state index contributed by atoms with van der Waals surface area (Å²) in [4.78, 5) is 13.1. The number of hydrogen-bond donors (Lipinski definition) is 1. The molecule has 0 aliphatic heterocycles. The minimum atomic E-state index is -0.580. The summed E-state index contributed by atoms with van der Waals surface area (Å²) in [6, 6.07) is 21.8. The molecule has 0 radical (unpaired) electrons. The third kappa shape index (κ3) is 6.64. The molecule has 0 bridgehead atoms. The number of benzene rings is 4. The SMILES string of the molecule is Cc1c(CC(Cl)C(C)Cl)ccc(OC(=O)Nc2cccc3cc4ccccc4cc23)c1CC(Cl)C(C)Cl. The van der Waals surface area contributed by atoms with Gasteiger partial charge in [0.15, 0.2) is 0 Å². The molecule has 7 heteroatoms. The molecule has 194 valence electrons. The Bertz CT molecular complexity index is 1420. The average molecular weight is 577 g/mol. The molecule has 0 heterocycles. The Labute approximate surface area is 238 Å². The Balaban J connectivity index is 1.63. The molecule has 0 aromatic heterocycles. The molecule has 4 aromatic carbocycles. The van der Waals surface area contributed by atoms with Crippen molar-refractivity contribution in [3.8, 4) is 5.75 Å². The van der Waals surface area contributed by atoms with Crippen LogP contribution < -0.4 is 10.1 Å². The molecule has 3 nitrogen and oxygen atoms in total. The van der Waals surface area contributed by atoms with E-state index in [1.54, 1.807) is 6.07 Å². The number of ether oxygens (including phenoxy) is 1. The van der Waals surface area contributed by atoms with Gasteiger partial charge in [-0.1, -0.05) is 42.5 Å². The van der Waals surface area contributed by atoms with Crippen LogP contribution in [0.3, 0.4) is 0 Å². The molecule has 0 aliphatic rings. The van der Waals surface area contributed by atoms with Gasteiger partial charge in [-0.15, -0.1) is 46.4 Å². The molecule has 4 unspecified atom stereocenters. The predicted octanol–water partition coefficient (Wildman–Crippen LogP) is 9.47. The van der Waals surface area contributed by atoms with Crippen LogP contribution in [0.4, 0.5) is 10.5 Å². The van der Waals surface area contributed by atoms with E-state index < -0.39 is 6.09 Å². The summed E-state index contributed by atoms with van der Waals surface area (Å²) in [6.07, 6.45) is 0.451. The maximum absolute atomic E-state index is 13.1. The molecule has 4 rings (SSSR count). The topological polar surface area (TPSA) is 38.3 Å². The van der Waals surface area contributed by atoms with Crippen LogP contribution in [0.15, 0.2) is 66.7 Å². The van der Waals surface area contributed by atoms with Crippen LogP contribution in [0.1, 0.15) is 30.5 Å². The molecule has 0 spiro atoms. The lowest BCUT2D eigenvalue weighted by atomic mass is 9.94. The zero-order valence-corrected chi connectivity index (χ0v) is 23.9. The number of hydrogen-bond acceptors (Lipinski definition) is 2. The van der Waals surface area contributed by atoms with E-state index in [0.29, 0.717) is 24.3 Å². The first-order chi connectivity index (χ1) is 17.6. The highest BCUT2D eigenvalue weighted by atomic mass is 35.5. The summed E-state index contributed by atoms with van der Waals surface area (Å²) < 4.78 is 5.84. The average Bonchev–Trinajstić information content (AvgIpc) is 2.86. The zero-order chi connectivity index (χ0) is 26.7. The fourth-order valence-corrected chi connectivity index (χ4v) is 4.89. The van der Waals surface area contributed by atoms with Crippen LogP contribution in [0.5, 0.6) is 5.75 Å². The summed E-state index contributed by atoms with van der Waals surface area (Å²) in [7, 11) is 0. The Hall–Kier alpha value is -2.17. The highest BCUT2D eigenvalue weighted by Crippen LogP contribution is 2.32. The van der Waals surface area contributed by atoms with Crippen LogP contribution >= 0.6 is 46.4 Å². The maximum Gasteiger partial charge on any atom is 0.417 e. The smallest absolute Gasteiger partial charge is 0.410 e. The summed E-state index contributed by atoms with van der Waals surface area (Å²) in [5.74, 6) is 0.442. The number of carbonyl (C=O) groups is 1. The maximum atomic E-state index is 13.1. The number of amides is 1.